The van der Waals surface area contributed by atoms with E-state index in [2.05, 4.69) is 20.1 Å². The highest BCUT2D eigenvalue weighted by Gasteiger charge is 2.26. The molecule has 1 aliphatic rings. The molecule has 37 heavy (non-hydrogen) atoms. The zero-order valence-corrected chi connectivity index (χ0v) is 20.8. The standard InChI is InChI=1S/C29H28FN5O2/c1-20-18-23(21-8-4-3-5-9-21)27(33(20)2)28(36)29(37)32-25-12-11-22(19-24(25)30)34-14-16-35(17-15-34)26-10-6-7-13-31-26/h3-13,18-19H,14-17H2,1-2H3,(H,32,37). The molecule has 8 heteroatoms. The van der Waals surface area contributed by atoms with E-state index in [0.717, 1.165) is 48.9 Å². The van der Waals surface area contributed by atoms with Crippen molar-refractivity contribution in [2.45, 2.75) is 6.92 Å². The first-order chi connectivity index (χ1) is 17.9. The molecule has 0 spiro atoms. The summed E-state index contributed by atoms with van der Waals surface area (Å²) in [5.41, 5.74) is 3.31. The maximum Gasteiger partial charge on any atom is 0.298 e. The van der Waals surface area contributed by atoms with E-state index in [1.54, 1.807) is 23.9 Å². The molecule has 5 rings (SSSR count). The van der Waals surface area contributed by atoms with Crippen molar-refractivity contribution in [2.24, 2.45) is 7.05 Å². The highest BCUT2D eigenvalue weighted by Crippen LogP contribution is 2.28. The van der Waals surface area contributed by atoms with Crippen LogP contribution in [0.25, 0.3) is 11.1 Å². The molecule has 0 radical (unpaired) electrons. The topological polar surface area (TPSA) is 70.5 Å². The Morgan fingerprint density at radius 1 is 0.892 bits per heavy atom. The Bertz CT molecular complexity index is 1430. The fraction of sp³-hybridized carbons (Fsp3) is 0.207. The van der Waals surface area contributed by atoms with Gasteiger partial charge in [0, 0.05) is 56.4 Å². The lowest BCUT2D eigenvalue weighted by atomic mass is 10.0. The van der Waals surface area contributed by atoms with Crippen LogP contribution >= 0.6 is 0 Å². The quantitative estimate of drug-likeness (QED) is 0.309. The SMILES string of the molecule is Cc1cc(-c2ccccc2)c(C(=O)C(=O)Nc2ccc(N3CCN(c4ccccn4)CC3)cc2F)n1C. The second kappa shape index (κ2) is 10.3. The third-order valence-electron chi connectivity index (χ3n) is 6.80. The van der Waals surface area contributed by atoms with Crippen LogP contribution in [0.15, 0.2) is 79.0 Å². The number of rotatable bonds is 6. The molecular weight excluding hydrogens is 469 g/mol. The molecule has 4 aromatic rings. The first kappa shape index (κ1) is 24.2. The molecule has 2 aromatic carbocycles. The van der Waals surface area contributed by atoms with Crippen molar-refractivity contribution in [3.63, 3.8) is 0 Å². The Hall–Kier alpha value is -4.46. The predicted molar refractivity (Wildman–Crippen MR) is 144 cm³/mol. The third kappa shape index (κ3) is 4.95. The van der Waals surface area contributed by atoms with E-state index in [1.165, 1.54) is 12.1 Å². The lowest BCUT2D eigenvalue weighted by Crippen LogP contribution is -2.46. The van der Waals surface area contributed by atoms with Crippen LogP contribution in [0.2, 0.25) is 0 Å². The maximum atomic E-state index is 15.0. The monoisotopic (exact) mass is 497 g/mol. The third-order valence-corrected chi connectivity index (χ3v) is 6.80. The molecule has 0 saturated carbocycles. The van der Waals surface area contributed by atoms with Gasteiger partial charge in [-0.05, 0) is 48.9 Å². The maximum absolute atomic E-state index is 15.0. The number of aryl methyl sites for hydroxylation is 1. The molecular formula is C29H28FN5O2. The van der Waals surface area contributed by atoms with Gasteiger partial charge in [-0.15, -0.1) is 0 Å². The van der Waals surface area contributed by atoms with Crippen molar-refractivity contribution >= 4 is 28.9 Å². The average Bonchev–Trinajstić information content (AvgIpc) is 3.24. The van der Waals surface area contributed by atoms with Crippen LogP contribution in [0.4, 0.5) is 21.6 Å². The largest absolute Gasteiger partial charge is 0.368 e. The van der Waals surface area contributed by atoms with Crippen molar-refractivity contribution in [1.29, 1.82) is 0 Å². The van der Waals surface area contributed by atoms with Gasteiger partial charge < -0.3 is 19.7 Å². The molecule has 188 valence electrons. The number of piperazine rings is 1. The van der Waals surface area contributed by atoms with Gasteiger partial charge in [-0.2, -0.15) is 0 Å². The first-order valence-electron chi connectivity index (χ1n) is 12.2. The van der Waals surface area contributed by atoms with Crippen LogP contribution in [0.3, 0.4) is 0 Å². The molecule has 7 nitrogen and oxygen atoms in total. The summed E-state index contributed by atoms with van der Waals surface area (Å²) in [7, 11) is 1.74. The van der Waals surface area contributed by atoms with E-state index >= 15 is 4.39 Å². The van der Waals surface area contributed by atoms with Crippen LogP contribution in [-0.2, 0) is 11.8 Å². The second-order valence-corrected chi connectivity index (χ2v) is 9.08. The van der Waals surface area contributed by atoms with Gasteiger partial charge in [0.1, 0.15) is 17.3 Å². The number of aromatic nitrogens is 2. The van der Waals surface area contributed by atoms with Gasteiger partial charge in [-0.3, -0.25) is 9.59 Å². The normalized spacial score (nSPS) is 13.5. The summed E-state index contributed by atoms with van der Waals surface area (Å²) < 4.78 is 16.7. The molecule has 3 heterocycles. The van der Waals surface area contributed by atoms with Crippen LogP contribution in [0, 0.1) is 12.7 Å². The number of halogens is 1. The highest BCUT2D eigenvalue weighted by atomic mass is 19.1. The van der Waals surface area contributed by atoms with Crippen molar-refractivity contribution in [1.82, 2.24) is 9.55 Å². The summed E-state index contributed by atoms with van der Waals surface area (Å²) in [6.45, 7) is 4.84. The number of amides is 1. The Labute approximate surface area is 215 Å². The van der Waals surface area contributed by atoms with Crippen LogP contribution in [-0.4, -0.2) is 47.4 Å². The smallest absolute Gasteiger partial charge is 0.298 e. The van der Waals surface area contributed by atoms with Gasteiger partial charge >= 0.3 is 0 Å². The second-order valence-electron chi connectivity index (χ2n) is 9.08. The number of Topliss-reactive ketones (excluding diaryl/α,β-unsaturated/α-hetero) is 1. The molecule has 1 amide bonds. The number of nitrogens with zero attached hydrogens (tertiary/aromatic N) is 4. The molecule has 0 aliphatic carbocycles. The highest BCUT2D eigenvalue weighted by molar-refractivity contribution is 6.47. The Balaban J connectivity index is 1.28. The average molecular weight is 498 g/mol. The number of ketones is 1. The lowest BCUT2D eigenvalue weighted by molar-refractivity contribution is -0.112. The minimum absolute atomic E-state index is 0.0265. The lowest BCUT2D eigenvalue weighted by Gasteiger charge is -2.36. The molecule has 2 aromatic heterocycles. The molecule has 0 unspecified atom stereocenters. The summed E-state index contributed by atoms with van der Waals surface area (Å²) in [5, 5.41) is 2.47. The fourth-order valence-corrected chi connectivity index (χ4v) is 4.67. The zero-order valence-electron chi connectivity index (χ0n) is 20.8. The number of anilines is 3. The van der Waals surface area contributed by atoms with E-state index in [0.29, 0.717) is 5.56 Å². The van der Waals surface area contributed by atoms with E-state index in [1.807, 2.05) is 61.5 Å². The van der Waals surface area contributed by atoms with Gasteiger partial charge in [-0.25, -0.2) is 9.37 Å². The number of hydrogen-bond donors (Lipinski definition) is 1. The van der Waals surface area contributed by atoms with Gasteiger partial charge in [0.25, 0.3) is 11.7 Å². The van der Waals surface area contributed by atoms with Gasteiger partial charge in [-0.1, -0.05) is 36.4 Å². The van der Waals surface area contributed by atoms with Gasteiger partial charge in [0.15, 0.2) is 0 Å². The summed E-state index contributed by atoms with van der Waals surface area (Å²) in [5.74, 6) is -1.25. The predicted octanol–water partition coefficient (Wildman–Crippen LogP) is 4.68. The van der Waals surface area contributed by atoms with E-state index in [4.69, 9.17) is 0 Å². The van der Waals surface area contributed by atoms with Crippen LogP contribution in [0.1, 0.15) is 16.2 Å². The summed E-state index contributed by atoms with van der Waals surface area (Å²) in [4.78, 5) is 34.8. The molecule has 1 saturated heterocycles. The van der Waals surface area contributed by atoms with Crippen molar-refractivity contribution in [2.75, 3.05) is 41.3 Å². The Kier molecular flexibility index (Phi) is 6.72. The molecule has 1 aliphatic heterocycles. The Morgan fingerprint density at radius 2 is 1.59 bits per heavy atom. The van der Waals surface area contributed by atoms with E-state index in [9.17, 15) is 9.59 Å². The summed E-state index contributed by atoms with van der Waals surface area (Å²) in [6, 6.07) is 21.8. The summed E-state index contributed by atoms with van der Waals surface area (Å²) >= 11 is 0. The number of hydrogen-bond acceptors (Lipinski definition) is 5. The number of carbonyl (C=O) groups is 2. The molecule has 1 N–H and O–H groups in total. The first-order valence-corrected chi connectivity index (χ1v) is 12.2. The van der Waals surface area contributed by atoms with E-state index in [-0.39, 0.29) is 11.4 Å². The van der Waals surface area contributed by atoms with Gasteiger partial charge in [0.2, 0.25) is 0 Å². The zero-order chi connectivity index (χ0) is 25.9. The number of carbonyl (C=O) groups excluding carboxylic acids is 2. The van der Waals surface area contributed by atoms with Gasteiger partial charge in [0.05, 0.1) is 5.69 Å². The fourth-order valence-electron chi connectivity index (χ4n) is 4.67. The number of benzene rings is 2. The van der Waals surface area contributed by atoms with Crippen molar-refractivity contribution in [3.8, 4) is 11.1 Å². The summed E-state index contributed by atoms with van der Waals surface area (Å²) in [6.07, 6.45) is 1.77. The Morgan fingerprint density at radius 3 is 2.27 bits per heavy atom. The number of nitrogens with one attached hydrogen (secondary N) is 1. The minimum Gasteiger partial charge on any atom is -0.368 e. The molecule has 1 fully saturated rings. The minimum atomic E-state index is -0.881. The van der Waals surface area contributed by atoms with Crippen molar-refractivity contribution in [3.05, 3.63) is 96.2 Å². The molecule has 0 bridgehead atoms. The molecule has 0 atom stereocenters. The van der Waals surface area contributed by atoms with Crippen LogP contribution in [0.5, 0.6) is 0 Å². The van der Waals surface area contributed by atoms with E-state index < -0.39 is 17.5 Å². The van der Waals surface area contributed by atoms with Crippen molar-refractivity contribution < 1.29 is 14.0 Å². The number of pyridine rings is 1. The van der Waals surface area contributed by atoms with Crippen LogP contribution < -0.4 is 15.1 Å².